The fraction of sp³-hybridized carbons (Fsp3) is 0.227. The third-order valence-electron chi connectivity index (χ3n) is 4.98. The summed E-state index contributed by atoms with van der Waals surface area (Å²) in [4.78, 5) is 26.7. The monoisotopic (exact) mass is 424 g/mol. The van der Waals surface area contributed by atoms with Gasteiger partial charge in [0.25, 0.3) is 5.91 Å². The Morgan fingerprint density at radius 3 is 2.63 bits per heavy atom. The Balaban J connectivity index is 1.51. The highest BCUT2D eigenvalue weighted by molar-refractivity contribution is 6.33. The minimum absolute atomic E-state index is 0.0505. The Hall–Kier alpha value is -3.16. The maximum atomic E-state index is 12.7. The molecule has 2 aromatic carbocycles. The molecule has 1 fully saturated rings. The van der Waals surface area contributed by atoms with Crippen molar-refractivity contribution in [2.75, 3.05) is 26.3 Å². The van der Waals surface area contributed by atoms with Crippen LogP contribution < -0.4 is 5.43 Å². The van der Waals surface area contributed by atoms with Crippen LogP contribution in [0.5, 0.6) is 0 Å². The zero-order valence-electron chi connectivity index (χ0n) is 16.3. The molecule has 4 rings (SSSR count). The number of carbonyl (C=O) groups is 2. The van der Waals surface area contributed by atoms with Crippen molar-refractivity contribution < 1.29 is 14.3 Å². The van der Waals surface area contributed by atoms with Crippen molar-refractivity contribution in [2.24, 2.45) is 5.10 Å². The second-order valence-corrected chi connectivity index (χ2v) is 7.31. The van der Waals surface area contributed by atoms with Gasteiger partial charge < -0.3 is 14.2 Å². The van der Waals surface area contributed by atoms with Crippen molar-refractivity contribution in [3.05, 3.63) is 70.9 Å². The first-order valence-corrected chi connectivity index (χ1v) is 10.0. The Bertz CT molecular complexity index is 1100. The molecule has 3 aromatic rings. The number of para-hydroxylation sites is 1. The first kappa shape index (κ1) is 20.1. The lowest BCUT2D eigenvalue weighted by Crippen LogP contribution is -2.42. The molecule has 30 heavy (non-hydrogen) atoms. The molecule has 1 saturated heterocycles. The Kier molecular flexibility index (Phi) is 6.11. The molecule has 2 amide bonds. The molecule has 0 aliphatic carbocycles. The predicted molar refractivity (Wildman–Crippen MR) is 116 cm³/mol. The number of ether oxygens (including phenoxy) is 1. The summed E-state index contributed by atoms with van der Waals surface area (Å²) in [7, 11) is 0. The van der Waals surface area contributed by atoms with E-state index in [1.54, 1.807) is 30.5 Å². The highest BCUT2D eigenvalue weighted by Crippen LogP contribution is 2.20. The number of hydrogen-bond donors (Lipinski definition) is 1. The van der Waals surface area contributed by atoms with E-state index in [9.17, 15) is 9.59 Å². The number of halogens is 1. The smallest absolute Gasteiger partial charge is 0.272 e. The number of carbonyl (C=O) groups excluding carboxylic acids is 2. The van der Waals surface area contributed by atoms with Crippen LogP contribution in [0, 0.1) is 0 Å². The van der Waals surface area contributed by atoms with E-state index < -0.39 is 0 Å². The minimum atomic E-state index is -0.386. The summed E-state index contributed by atoms with van der Waals surface area (Å²) in [5.41, 5.74) is 4.59. The number of rotatable bonds is 5. The van der Waals surface area contributed by atoms with Crippen LogP contribution in [0.1, 0.15) is 15.9 Å². The number of amides is 2. The van der Waals surface area contributed by atoms with Gasteiger partial charge in [-0.25, -0.2) is 5.43 Å². The number of nitrogens with one attached hydrogen (secondary N) is 1. The van der Waals surface area contributed by atoms with Gasteiger partial charge in [-0.05, 0) is 18.2 Å². The third-order valence-corrected chi connectivity index (χ3v) is 5.31. The molecule has 1 aliphatic heterocycles. The van der Waals surface area contributed by atoms with Crippen molar-refractivity contribution in [1.29, 1.82) is 0 Å². The van der Waals surface area contributed by atoms with Crippen LogP contribution in [0.15, 0.2) is 59.8 Å². The first-order chi connectivity index (χ1) is 14.6. The van der Waals surface area contributed by atoms with Crippen LogP contribution in [0.25, 0.3) is 10.9 Å². The van der Waals surface area contributed by atoms with E-state index in [1.807, 2.05) is 39.9 Å². The molecule has 0 unspecified atom stereocenters. The first-order valence-electron chi connectivity index (χ1n) is 9.65. The molecule has 0 saturated carbocycles. The van der Waals surface area contributed by atoms with Gasteiger partial charge >= 0.3 is 0 Å². The van der Waals surface area contributed by atoms with E-state index >= 15 is 0 Å². The summed E-state index contributed by atoms with van der Waals surface area (Å²) in [6, 6.07) is 14.6. The van der Waals surface area contributed by atoms with Crippen molar-refractivity contribution in [2.45, 2.75) is 6.54 Å². The van der Waals surface area contributed by atoms with Gasteiger partial charge in [-0.2, -0.15) is 5.10 Å². The average Bonchev–Trinajstić information content (AvgIpc) is 3.12. The SMILES string of the molecule is O=C(N/N=C\c1cn(CC(=O)N2CCOCC2)c2ccccc12)c1ccccc1Cl. The standard InChI is InChI=1S/C22H21ClN4O3/c23-19-7-3-1-6-18(19)22(29)25-24-13-16-14-27(20-8-4-2-5-17(16)20)15-21(28)26-9-11-30-12-10-26/h1-8,13-14H,9-12,15H2,(H,25,29)/b24-13-. The molecular weight excluding hydrogens is 404 g/mol. The van der Waals surface area contributed by atoms with E-state index in [2.05, 4.69) is 10.5 Å². The van der Waals surface area contributed by atoms with Gasteiger partial charge in [0.1, 0.15) is 6.54 Å². The number of hydrogen-bond acceptors (Lipinski definition) is 4. The van der Waals surface area contributed by atoms with Gasteiger partial charge in [-0.15, -0.1) is 0 Å². The maximum Gasteiger partial charge on any atom is 0.272 e. The molecule has 0 atom stereocenters. The fourth-order valence-electron chi connectivity index (χ4n) is 3.43. The summed E-state index contributed by atoms with van der Waals surface area (Å²) in [6.07, 6.45) is 3.45. The summed E-state index contributed by atoms with van der Waals surface area (Å²) >= 11 is 6.05. The molecule has 1 N–H and O–H groups in total. The minimum Gasteiger partial charge on any atom is -0.378 e. The van der Waals surface area contributed by atoms with Crippen LogP contribution in [0.3, 0.4) is 0 Å². The number of hydrazone groups is 1. The van der Waals surface area contributed by atoms with Gasteiger partial charge in [0, 0.05) is 35.8 Å². The van der Waals surface area contributed by atoms with E-state index in [0.717, 1.165) is 16.5 Å². The van der Waals surface area contributed by atoms with Crippen LogP contribution in [0.2, 0.25) is 5.02 Å². The molecule has 0 spiro atoms. The second kappa shape index (κ2) is 9.11. The Morgan fingerprint density at radius 2 is 1.83 bits per heavy atom. The molecule has 154 valence electrons. The fourth-order valence-corrected chi connectivity index (χ4v) is 3.65. The lowest BCUT2D eigenvalue weighted by molar-refractivity contribution is -0.135. The summed E-state index contributed by atoms with van der Waals surface area (Å²) in [6.45, 7) is 2.60. The van der Waals surface area contributed by atoms with E-state index in [4.69, 9.17) is 16.3 Å². The maximum absolute atomic E-state index is 12.7. The average molecular weight is 425 g/mol. The molecule has 8 heteroatoms. The zero-order valence-corrected chi connectivity index (χ0v) is 17.0. The zero-order chi connectivity index (χ0) is 20.9. The van der Waals surface area contributed by atoms with Gasteiger partial charge in [0.05, 0.1) is 30.0 Å². The third kappa shape index (κ3) is 4.37. The number of morpholine rings is 1. The van der Waals surface area contributed by atoms with E-state index in [-0.39, 0.29) is 18.4 Å². The quantitative estimate of drug-likeness (QED) is 0.505. The van der Waals surface area contributed by atoms with Crippen LogP contribution in [-0.4, -0.2) is 53.8 Å². The summed E-state index contributed by atoms with van der Waals surface area (Å²) in [5, 5.41) is 5.39. The number of nitrogens with zero attached hydrogens (tertiary/aromatic N) is 3. The molecular formula is C22H21ClN4O3. The number of aromatic nitrogens is 1. The van der Waals surface area contributed by atoms with Crippen molar-refractivity contribution >= 4 is 40.5 Å². The van der Waals surface area contributed by atoms with Crippen molar-refractivity contribution in [3.63, 3.8) is 0 Å². The molecule has 0 radical (unpaired) electrons. The van der Waals surface area contributed by atoms with Crippen molar-refractivity contribution in [1.82, 2.24) is 14.9 Å². The van der Waals surface area contributed by atoms with Crippen LogP contribution in [0.4, 0.5) is 0 Å². The Labute approximate surface area is 178 Å². The summed E-state index contributed by atoms with van der Waals surface area (Å²) < 4.78 is 7.22. The molecule has 1 aliphatic rings. The largest absolute Gasteiger partial charge is 0.378 e. The van der Waals surface area contributed by atoms with Gasteiger partial charge in [-0.1, -0.05) is 41.9 Å². The van der Waals surface area contributed by atoms with Crippen LogP contribution in [-0.2, 0) is 16.1 Å². The molecule has 0 bridgehead atoms. The second-order valence-electron chi connectivity index (χ2n) is 6.90. The topological polar surface area (TPSA) is 75.9 Å². The molecule has 1 aromatic heterocycles. The highest BCUT2D eigenvalue weighted by Gasteiger charge is 2.18. The van der Waals surface area contributed by atoms with E-state index in [1.165, 1.54) is 0 Å². The van der Waals surface area contributed by atoms with Crippen molar-refractivity contribution in [3.8, 4) is 0 Å². The predicted octanol–water partition coefficient (Wildman–Crippen LogP) is 2.92. The van der Waals surface area contributed by atoms with Crippen LogP contribution >= 0.6 is 11.6 Å². The lowest BCUT2D eigenvalue weighted by Gasteiger charge is -2.27. The highest BCUT2D eigenvalue weighted by atomic mass is 35.5. The molecule has 2 heterocycles. The number of benzene rings is 2. The normalized spacial score (nSPS) is 14.4. The molecule has 7 nitrogen and oxygen atoms in total. The number of fused-ring (bicyclic) bond motifs is 1. The Morgan fingerprint density at radius 1 is 1.10 bits per heavy atom. The summed E-state index contributed by atoms with van der Waals surface area (Å²) in [5.74, 6) is -0.336. The van der Waals surface area contributed by atoms with Gasteiger partial charge in [-0.3, -0.25) is 9.59 Å². The van der Waals surface area contributed by atoms with E-state index in [0.29, 0.717) is 36.9 Å². The van der Waals surface area contributed by atoms with Gasteiger partial charge in [0.15, 0.2) is 0 Å². The lowest BCUT2D eigenvalue weighted by atomic mass is 10.2. The van der Waals surface area contributed by atoms with Gasteiger partial charge in [0.2, 0.25) is 5.91 Å².